The normalized spacial score (nSPS) is 20.1. The summed E-state index contributed by atoms with van der Waals surface area (Å²) >= 11 is 0. The van der Waals surface area contributed by atoms with Gasteiger partial charge >= 0.3 is 5.69 Å². The van der Waals surface area contributed by atoms with Crippen LogP contribution in [0.1, 0.15) is 41.8 Å². The van der Waals surface area contributed by atoms with Crippen LogP contribution in [-0.4, -0.2) is 21.8 Å². The van der Waals surface area contributed by atoms with E-state index in [4.69, 9.17) is 9.47 Å². The van der Waals surface area contributed by atoms with Crippen molar-refractivity contribution in [2.45, 2.75) is 44.3 Å². The van der Waals surface area contributed by atoms with Gasteiger partial charge in [0.2, 0.25) is 0 Å². The number of nitrogens with one attached hydrogen (secondary N) is 1. The molecular weight excluding hydrogens is 440 g/mol. The first kappa shape index (κ1) is 23.0. The van der Waals surface area contributed by atoms with Crippen LogP contribution in [0, 0.1) is 6.92 Å². The van der Waals surface area contributed by atoms with Gasteiger partial charge < -0.3 is 9.47 Å². The molecule has 5 rings (SSSR count). The average molecular weight is 469 g/mol. The van der Waals surface area contributed by atoms with E-state index in [1.807, 2.05) is 61.5 Å². The van der Waals surface area contributed by atoms with Crippen LogP contribution < -0.4 is 11.2 Å². The van der Waals surface area contributed by atoms with Gasteiger partial charge in [-0.25, -0.2) is 4.79 Å². The molecule has 3 aromatic carbocycles. The van der Waals surface area contributed by atoms with E-state index in [0.717, 1.165) is 16.7 Å². The zero-order valence-corrected chi connectivity index (χ0v) is 19.8. The summed E-state index contributed by atoms with van der Waals surface area (Å²) < 4.78 is 14.8. The Kier molecular flexibility index (Phi) is 6.24. The number of H-pyrrole nitrogens is 1. The van der Waals surface area contributed by atoms with E-state index in [-0.39, 0.29) is 17.8 Å². The summed E-state index contributed by atoms with van der Waals surface area (Å²) in [5.74, 6) is 0. The largest absolute Gasteiger partial charge is 0.355 e. The van der Waals surface area contributed by atoms with Crippen LogP contribution in [-0.2, 0) is 15.1 Å². The van der Waals surface area contributed by atoms with Gasteiger partial charge in [-0.2, -0.15) is 0 Å². The molecule has 3 atom stereocenters. The van der Waals surface area contributed by atoms with E-state index in [1.54, 1.807) is 13.1 Å². The highest BCUT2D eigenvalue weighted by molar-refractivity contribution is 5.47. The molecule has 0 spiro atoms. The van der Waals surface area contributed by atoms with Crippen molar-refractivity contribution in [1.29, 1.82) is 0 Å². The summed E-state index contributed by atoms with van der Waals surface area (Å²) in [5, 5.41) is 0. The third-order valence-electron chi connectivity index (χ3n) is 6.65. The Labute approximate surface area is 203 Å². The van der Waals surface area contributed by atoms with E-state index >= 15 is 0 Å². The second kappa shape index (κ2) is 9.49. The van der Waals surface area contributed by atoms with Gasteiger partial charge in [-0.05, 0) is 30.5 Å². The molecule has 0 unspecified atom stereocenters. The van der Waals surface area contributed by atoms with Crippen molar-refractivity contribution in [3.05, 3.63) is 140 Å². The lowest BCUT2D eigenvalue weighted by molar-refractivity contribution is -0.0794. The first-order chi connectivity index (χ1) is 17.0. The quantitative estimate of drug-likeness (QED) is 0.422. The minimum atomic E-state index is -0.882. The minimum Gasteiger partial charge on any atom is -0.355 e. The van der Waals surface area contributed by atoms with Gasteiger partial charge in [-0.1, -0.05) is 91.0 Å². The molecule has 4 aromatic rings. The molecule has 0 amide bonds. The predicted octanol–water partition coefficient (Wildman–Crippen LogP) is 4.53. The second-order valence-corrected chi connectivity index (χ2v) is 8.95. The van der Waals surface area contributed by atoms with Gasteiger partial charge in [0.1, 0.15) is 11.8 Å². The Hall–Kier alpha value is -3.74. The topological polar surface area (TPSA) is 73.3 Å². The zero-order valence-electron chi connectivity index (χ0n) is 19.8. The maximum atomic E-state index is 12.5. The van der Waals surface area contributed by atoms with Crippen molar-refractivity contribution in [1.82, 2.24) is 9.55 Å². The molecule has 0 bridgehead atoms. The molecule has 1 fully saturated rings. The molecule has 1 aromatic heterocycles. The van der Waals surface area contributed by atoms with E-state index < -0.39 is 17.5 Å². The van der Waals surface area contributed by atoms with Crippen molar-refractivity contribution in [3.8, 4) is 0 Å². The summed E-state index contributed by atoms with van der Waals surface area (Å²) in [5.41, 5.74) is 1.71. The van der Waals surface area contributed by atoms with Gasteiger partial charge in [-0.3, -0.25) is 14.3 Å². The molecule has 0 radical (unpaired) electrons. The number of nitrogens with zero attached hydrogens (tertiary/aromatic N) is 1. The smallest absolute Gasteiger partial charge is 0.330 e. The maximum Gasteiger partial charge on any atom is 0.330 e. The molecule has 35 heavy (non-hydrogen) atoms. The Morgan fingerprint density at radius 1 is 0.857 bits per heavy atom. The van der Waals surface area contributed by atoms with Crippen LogP contribution in [0.3, 0.4) is 0 Å². The Morgan fingerprint density at radius 2 is 1.34 bits per heavy atom. The number of hydrogen-bond acceptors (Lipinski definition) is 4. The zero-order chi connectivity index (χ0) is 24.4. The average Bonchev–Trinajstić information content (AvgIpc) is 3.25. The Balaban J connectivity index is 1.60. The van der Waals surface area contributed by atoms with E-state index in [9.17, 15) is 9.59 Å². The number of rotatable bonds is 6. The number of aromatic nitrogens is 2. The van der Waals surface area contributed by atoms with Gasteiger partial charge in [0.25, 0.3) is 5.56 Å². The lowest BCUT2D eigenvalue weighted by Crippen LogP contribution is -2.39. The molecule has 178 valence electrons. The van der Waals surface area contributed by atoms with Gasteiger partial charge in [0, 0.05) is 18.2 Å². The van der Waals surface area contributed by atoms with Crippen molar-refractivity contribution < 1.29 is 9.47 Å². The second-order valence-electron chi connectivity index (χ2n) is 8.95. The molecular formula is C29H28N2O4. The summed E-state index contributed by atoms with van der Waals surface area (Å²) in [7, 11) is 0. The number of benzene rings is 3. The minimum absolute atomic E-state index is 0.283. The van der Waals surface area contributed by atoms with Gasteiger partial charge in [0.15, 0.2) is 0 Å². The summed E-state index contributed by atoms with van der Waals surface area (Å²) in [6.07, 6.45) is 0.869. The van der Waals surface area contributed by atoms with Gasteiger partial charge in [0.05, 0.1) is 12.2 Å². The molecule has 6 heteroatoms. The van der Waals surface area contributed by atoms with Crippen molar-refractivity contribution in [3.63, 3.8) is 0 Å². The van der Waals surface area contributed by atoms with Crippen LogP contribution in [0.25, 0.3) is 0 Å². The fourth-order valence-electron chi connectivity index (χ4n) is 4.85. The van der Waals surface area contributed by atoms with Gasteiger partial charge in [-0.15, -0.1) is 0 Å². The molecule has 2 heterocycles. The molecule has 1 N–H and O–H groups in total. The third-order valence-corrected chi connectivity index (χ3v) is 6.65. The first-order valence-corrected chi connectivity index (χ1v) is 11.8. The molecule has 0 aliphatic carbocycles. The highest BCUT2D eigenvalue weighted by atomic mass is 16.6. The number of ether oxygens (including phenoxy) is 2. The SMILES string of the molecule is Cc1cn([C@H]2C[C@H](OC(c3ccccc3)(c3ccccc3)c3ccccc3)[C@@H](C)O2)c(=O)[nH]c1=O. The Bertz CT molecular complexity index is 1300. The molecule has 1 aliphatic heterocycles. The highest BCUT2D eigenvalue weighted by Crippen LogP contribution is 2.44. The fraction of sp³-hybridized carbons (Fsp3) is 0.241. The summed E-state index contributed by atoms with van der Waals surface area (Å²) in [6, 6.07) is 30.5. The van der Waals surface area contributed by atoms with Crippen molar-refractivity contribution in [2.75, 3.05) is 0 Å². The van der Waals surface area contributed by atoms with Crippen LogP contribution in [0.2, 0.25) is 0 Å². The Morgan fingerprint density at radius 3 is 1.83 bits per heavy atom. The molecule has 1 aliphatic rings. The maximum absolute atomic E-state index is 12.5. The van der Waals surface area contributed by atoms with Crippen LogP contribution >= 0.6 is 0 Å². The molecule has 1 saturated heterocycles. The lowest BCUT2D eigenvalue weighted by atomic mass is 9.79. The van der Waals surface area contributed by atoms with Crippen LogP contribution in [0.5, 0.6) is 0 Å². The number of hydrogen-bond donors (Lipinski definition) is 1. The monoisotopic (exact) mass is 468 g/mol. The molecule has 6 nitrogen and oxygen atoms in total. The predicted molar refractivity (Wildman–Crippen MR) is 134 cm³/mol. The van der Waals surface area contributed by atoms with E-state index in [0.29, 0.717) is 12.0 Å². The van der Waals surface area contributed by atoms with E-state index in [1.165, 1.54) is 4.57 Å². The van der Waals surface area contributed by atoms with Crippen LogP contribution in [0.15, 0.2) is 107 Å². The summed E-state index contributed by atoms with van der Waals surface area (Å²) in [6.45, 7) is 3.63. The molecule has 0 saturated carbocycles. The van der Waals surface area contributed by atoms with Crippen LogP contribution in [0.4, 0.5) is 0 Å². The lowest BCUT2D eigenvalue weighted by Gasteiger charge is -2.38. The number of aromatic amines is 1. The number of aryl methyl sites for hydroxylation is 1. The standard InChI is InChI=1S/C29H28N2O4/c1-20-19-31(28(33)30-27(20)32)26-18-25(21(2)34-26)35-29(22-12-6-3-7-13-22,23-14-8-4-9-15-23)24-16-10-5-11-17-24/h3-17,19,21,25-26H,18H2,1-2H3,(H,30,32,33)/t21-,25+,26-/m1/s1. The highest BCUT2D eigenvalue weighted by Gasteiger charge is 2.44. The summed E-state index contributed by atoms with van der Waals surface area (Å²) in [4.78, 5) is 26.8. The first-order valence-electron chi connectivity index (χ1n) is 11.8. The van der Waals surface area contributed by atoms with Crippen molar-refractivity contribution in [2.24, 2.45) is 0 Å². The third kappa shape index (κ3) is 4.27. The van der Waals surface area contributed by atoms with E-state index in [2.05, 4.69) is 41.4 Å². The van der Waals surface area contributed by atoms with Crippen molar-refractivity contribution >= 4 is 0 Å². The fourth-order valence-corrected chi connectivity index (χ4v) is 4.85.